The molecule has 0 heterocycles. The molecule has 0 rings (SSSR count). The van der Waals surface area contributed by atoms with Crippen LogP contribution in [0.3, 0.4) is 0 Å². The number of rotatable bonds is 4. The maximum Gasteiger partial charge on any atom is 1.00 e. The Bertz CT molecular complexity index is 160. The largest absolute Gasteiger partial charge is 1.00 e. The van der Waals surface area contributed by atoms with E-state index in [9.17, 15) is 9.59 Å². The summed E-state index contributed by atoms with van der Waals surface area (Å²) in [5.41, 5.74) is 0. The van der Waals surface area contributed by atoms with Crippen LogP contribution in [-0.2, 0) is 8.23 Å². The van der Waals surface area contributed by atoms with Crippen molar-refractivity contribution in [3.05, 3.63) is 0 Å². The van der Waals surface area contributed by atoms with Gasteiger partial charge in [0.1, 0.15) is 0 Å². The predicted octanol–water partition coefficient (Wildman–Crippen LogP) is -6.15. The van der Waals surface area contributed by atoms with Crippen molar-refractivity contribution < 1.29 is 76.9 Å². The van der Waals surface area contributed by atoms with E-state index in [0.29, 0.717) is 0 Å². The van der Waals surface area contributed by atoms with Gasteiger partial charge < -0.3 is 17.8 Å². The summed E-state index contributed by atoms with van der Waals surface area (Å²) < 4.78 is 10.7. The number of hydrogen-bond donors (Lipinski definition) is 0. The van der Waals surface area contributed by atoms with E-state index in [1.807, 2.05) is 0 Å². The third kappa shape index (κ3) is 16.5. The Balaban J connectivity index is -0.000000720. The van der Waals surface area contributed by atoms with Crippen LogP contribution in [0, 0.1) is 0 Å². The standard InChI is InChI=1S/C6H18O4Si3.2Na/c1-11(2,7)9-13(5,6)10-12(3,4)8;;/h1-6H3;;/q-2;2*+1. The minimum atomic E-state index is -2.82. The second-order valence-electron chi connectivity index (χ2n) is 4.40. The van der Waals surface area contributed by atoms with Crippen molar-refractivity contribution in [2.24, 2.45) is 0 Å². The molecule has 0 aliphatic carbocycles. The Morgan fingerprint density at radius 2 is 0.867 bits per heavy atom. The van der Waals surface area contributed by atoms with Crippen molar-refractivity contribution in [3.8, 4) is 0 Å². The molecule has 0 amide bonds. The van der Waals surface area contributed by atoms with Gasteiger partial charge >= 0.3 is 67.7 Å². The maximum atomic E-state index is 11.4. The SMILES string of the molecule is C[Si](C)([O-])O[Si](C)(C)O[Si](C)(C)[O-].[Na+].[Na+]. The molecule has 0 aliphatic rings. The third-order valence-electron chi connectivity index (χ3n) is 0.983. The van der Waals surface area contributed by atoms with E-state index in [2.05, 4.69) is 0 Å². The van der Waals surface area contributed by atoms with Crippen LogP contribution in [0.15, 0.2) is 0 Å². The van der Waals surface area contributed by atoms with E-state index in [0.717, 1.165) is 0 Å². The second kappa shape index (κ2) is 7.82. The van der Waals surface area contributed by atoms with E-state index in [1.165, 1.54) is 0 Å². The normalized spacial score (nSPS) is 12.8. The van der Waals surface area contributed by atoms with Gasteiger partial charge in [-0.05, 0) is 13.1 Å². The van der Waals surface area contributed by atoms with E-state index >= 15 is 0 Å². The summed E-state index contributed by atoms with van der Waals surface area (Å²) in [6.45, 7) is 9.75. The van der Waals surface area contributed by atoms with Crippen molar-refractivity contribution in [3.63, 3.8) is 0 Å². The zero-order valence-corrected chi connectivity index (χ0v) is 18.1. The third-order valence-corrected chi connectivity index (χ3v) is 8.85. The molecule has 0 aromatic carbocycles. The molecule has 0 aromatic rings. The van der Waals surface area contributed by atoms with Gasteiger partial charge in [0, 0.05) is 0 Å². The molecular weight excluding hydrogens is 266 g/mol. The van der Waals surface area contributed by atoms with Gasteiger partial charge in [0.15, 0.2) is 0 Å². The monoisotopic (exact) mass is 284 g/mol. The quantitative estimate of drug-likeness (QED) is 0.482. The van der Waals surface area contributed by atoms with Crippen LogP contribution in [0.4, 0.5) is 0 Å². The second-order valence-corrected chi connectivity index (χ2v) is 14.4. The molecule has 0 fully saturated rings. The van der Waals surface area contributed by atoms with E-state index in [-0.39, 0.29) is 59.1 Å². The van der Waals surface area contributed by atoms with Crippen LogP contribution in [0.2, 0.25) is 39.3 Å². The molecule has 4 nitrogen and oxygen atoms in total. The van der Waals surface area contributed by atoms with E-state index in [4.69, 9.17) is 8.23 Å². The summed E-state index contributed by atoms with van der Waals surface area (Å²) >= 11 is 0. The Kier molecular flexibility index (Phi) is 11.8. The van der Waals surface area contributed by atoms with Gasteiger partial charge in [-0.3, -0.25) is 0 Å². The molecule has 9 heteroatoms. The van der Waals surface area contributed by atoms with Crippen molar-refractivity contribution in [1.82, 2.24) is 0 Å². The molecule has 0 saturated carbocycles. The Morgan fingerprint density at radius 1 is 0.667 bits per heavy atom. The summed E-state index contributed by atoms with van der Waals surface area (Å²) in [6.07, 6.45) is 0. The predicted molar refractivity (Wildman–Crippen MR) is 54.6 cm³/mol. The number of hydrogen-bond acceptors (Lipinski definition) is 4. The topological polar surface area (TPSA) is 64.6 Å². The van der Waals surface area contributed by atoms with E-state index < -0.39 is 25.7 Å². The molecule has 0 unspecified atom stereocenters. The summed E-state index contributed by atoms with van der Waals surface area (Å²) in [7, 11) is -8.12. The molecule has 0 spiro atoms. The first kappa shape index (κ1) is 22.7. The van der Waals surface area contributed by atoms with Crippen LogP contribution >= 0.6 is 0 Å². The van der Waals surface area contributed by atoms with Crippen LogP contribution < -0.4 is 68.7 Å². The van der Waals surface area contributed by atoms with Crippen LogP contribution in [-0.4, -0.2) is 25.7 Å². The summed E-state index contributed by atoms with van der Waals surface area (Å²) in [4.78, 5) is 22.8. The van der Waals surface area contributed by atoms with Crippen LogP contribution in [0.5, 0.6) is 0 Å². The van der Waals surface area contributed by atoms with Crippen molar-refractivity contribution in [1.29, 1.82) is 0 Å². The average molecular weight is 284 g/mol. The van der Waals surface area contributed by atoms with Crippen LogP contribution in [0.25, 0.3) is 0 Å². The van der Waals surface area contributed by atoms with Gasteiger partial charge in [-0.1, -0.05) is 26.2 Å². The van der Waals surface area contributed by atoms with Crippen LogP contribution in [0.1, 0.15) is 0 Å². The first-order valence-corrected chi connectivity index (χ1v) is 12.7. The van der Waals surface area contributed by atoms with Gasteiger partial charge in [0.2, 0.25) is 0 Å². The zero-order valence-electron chi connectivity index (χ0n) is 11.1. The Labute approximate surface area is 140 Å². The molecular formula is C6H18Na2O4Si3. The fourth-order valence-electron chi connectivity index (χ4n) is 1.20. The van der Waals surface area contributed by atoms with Gasteiger partial charge in [0.25, 0.3) is 0 Å². The van der Waals surface area contributed by atoms with Gasteiger partial charge in [-0.25, -0.2) is 0 Å². The van der Waals surface area contributed by atoms with Crippen molar-refractivity contribution >= 4 is 25.7 Å². The van der Waals surface area contributed by atoms with Gasteiger partial charge in [0.05, 0.1) is 17.1 Å². The molecule has 0 aliphatic heterocycles. The molecule has 0 N–H and O–H groups in total. The maximum absolute atomic E-state index is 11.4. The summed E-state index contributed by atoms with van der Waals surface area (Å²) in [5.74, 6) is 0. The smallest absolute Gasteiger partial charge is 0.839 e. The van der Waals surface area contributed by atoms with E-state index in [1.54, 1.807) is 39.3 Å². The molecule has 0 saturated heterocycles. The Morgan fingerprint density at radius 3 is 1.00 bits per heavy atom. The van der Waals surface area contributed by atoms with Crippen molar-refractivity contribution in [2.75, 3.05) is 0 Å². The summed E-state index contributed by atoms with van der Waals surface area (Å²) in [6, 6.07) is 0. The average Bonchev–Trinajstić information content (AvgIpc) is 1.43. The minimum absolute atomic E-state index is 0. The molecule has 15 heavy (non-hydrogen) atoms. The van der Waals surface area contributed by atoms with Crippen molar-refractivity contribution in [2.45, 2.75) is 39.3 Å². The molecule has 80 valence electrons. The fourth-order valence-corrected chi connectivity index (χ4v) is 11.2. The summed E-state index contributed by atoms with van der Waals surface area (Å²) in [5, 5.41) is 0. The molecule has 0 radical (unpaired) electrons. The molecule has 0 aromatic heterocycles. The zero-order chi connectivity index (χ0) is 10.9. The molecule has 0 bridgehead atoms. The minimum Gasteiger partial charge on any atom is -0.839 e. The Hall–Kier alpha value is 2.49. The fraction of sp³-hybridized carbons (Fsp3) is 1.00. The van der Waals surface area contributed by atoms with Gasteiger partial charge in [-0.15, -0.1) is 0 Å². The molecule has 0 atom stereocenters. The first-order valence-electron chi connectivity index (χ1n) is 4.22. The first-order chi connectivity index (χ1) is 5.41. The van der Waals surface area contributed by atoms with Gasteiger partial charge in [-0.2, -0.15) is 0 Å².